The minimum Gasteiger partial charge on any atom is -0.340 e. The van der Waals surface area contributed by atoms with E-state index in [-0.39, 0.29) is 0 Å². The summed E-state index contributed by atoms with van der Waals surface area (Å²) < 4.78 is 19.0. The van der Waals surface area contributed by atoms with Crippen molar-refractivity contribution in [1.82, 2.24) is 0 Å². The Hall–Kier alpha value is -1.00. The van der Waals surface area contributed by atoms with E-state index in [9.17, 15) is 0 Å². The third kappa shape index (κ3) is 11.8. The minimum absolute atomic E-state index is 0.701. The molecule has 0 aromatic carbocycles. The maximum Gasteiger partial charge on any atom is 0.236 e. The SMILES string of the molecule is CCCCCCCCC#CC1(OC2(C#CCCCCCCCC)CCCCO2)CCCCO1. The molecule has 0 aromatic heterocycles. The van der Waals surface area contributed by atoms with Crippen molar-refractivity contribution >= 4 is 0 Å². The van der Waals surface area contributed by atoms with Crippen LogP contribution in [-0.2, 0) is 14.2 Å². The van der Waals surface area contributed by atoms with Gasteiger partial charge in [0.25, 0.3) is 0 Å². The monoisotopic (exact) mass is 458 g/mol. The zero-order chi connectivity index (χ0) is 23.5. The van der Waals surface area contributed by atoms with Gasteiger partial charge in [0.05, 0.1) is 13.2 Å². The zero-order valence-corrected chi connectivity index (χ0v) is 21.8. The first-order valence-corrected chi connectivity index (χ1v) is 14.2. The summed E-state index contributed by atoms with van der Waals surface area (Å²) in [5, 5.41) is 0. The molecule has 0 bridgehead atoms. The Labute approximate surface area is 205 Å². The summed E-state index contributed by atoms with van der Waals surface area (Å²) in [6.07, 6.45) is 23.2. The maximum absolute atomic E-state index is 6.64. The molecule has 0 aliphatic carbocycles. The zero-order valence-electron chi connectivity index (χ0n) is 21.8. The van der Waals surface area contributed by atoms with Crippen LogP contribution in [0.5, 0.6) is 0 Å². The van der Waals surface area contributed by atoms with Crippen LogP contribution in [-0.4, -0.2) is 24.8 Å². The largest absolute Gasteiger partial charge is 0.340 e. The molecule has 2 rings (SSSR count). The first-order chi connectivity index (χ1) is 16.2. The van der Waals surface area contributed by atoms with Crippen LogP contribution in [0.25, 0.3) is 0 Å². The summed E-state index contributed by atoms with van der Waals surface area (Å²) in [4.78, 5) is 0. The average molecular weight is 459 g/mol. The summed E-state index contributed by atoms with van der Waals surface area (Å²) in [5.41, 5.74) is 0. The second-order valence-corrected chi connectivity index (χ2v) is 9.86. The van der Waals surface area contributed by atoms with Gasteiger partial charge in [0, 0.05) is 25.7 Å². The Kier molecular flexibility index (Phi) is 14.9. The predicted octanol–water partition coefficient (Wildman–Crippen LogP) is 8.30. The lowest BCUT2D eigenvalue weighted by Crippen LogP contribution is -2.49. The summed E-state index contributed by atoms with van der Waals surface area (Å²) >= 11 is 0. The number of hydrogen-bond donors (Lipinski definition) is 0. The highest BCUT2D eigenvalue weighted by molar-refractivity contribution is 5.17. The van der Waals surface area contributed by atoms with Gasteiger partial charge in [-0.05, 0) is 50.4 Å². The Morgan fingerprint density at radius 1 is 0.576 bits per heavy atom. The van der Waals surface area contributed by atoms with Gasteiger partial charge in [-0.15, -0.1) is 0 Å². The molecule has 2 fully saturated rings. The van der Waals surface area contributed by atoms with Crippen LogP contribution in [0.15, 0.2) is 0 Å². The number of hydrogen-bond acceptors (Lipinski definition) is 3. The molecule has 0 aromatic rings. The van der Waals surface area contributed by atoms with E-state index >= 15 is 0 Å². The van der Waals surface area contributed by atoms with E-state index < -0.39 is 11.6 Å². The lowest BCUT2D eigenvalue weighted by Gasteiger charge is -2.41. The van der Waals surface area contributed by atoms with Gasteiger partial charge in [-0.1, -0.05) is 89.9 Å². The molecule has 3 heteroatoms. The molecule has 33 heavy (non-hydrogen) atoms. The van der Waals surface area contributed by atoms with Crippen LogP contribution in [0.1, 0.15) is 142 Å². The van der Waals surface area contributed by atoms with E-state index in [0.29, 0.717) is 13.2 Å². The van der Waals surface area contributed by atoms with E-state index in [2.05, 4.69) is 37.5 Å². The third-order valence-electron chi connectivity index (χ3n) is 6.67. The van der Waals surface area contributed by atoms with Crippen molar-refractivity contribution in [3.8, 4) is 23.7 Å². The smallest absolute Gasteiger partial charge is 0.236 e. The summed E-state index contributed by atoms with van der Waals surface area (Å²) in [5.74, 6) is 11.9. The molecule has 0 radical (unpaired) electrons. The van der Waals surface area contributed by atoms with Crippen molar-refractivity contribution in [1.29, 1.82) is 0 Å². The molecule has 3 nitrogen and oxygen atoms in total. The van der Waals surface area contributed by atoms with Gasteiger partial charge in [0.2, 0.25) is 11.6 Å². The van der Waals surface area contributed by atoms with Gasteiger partial charge in [-0.3, -0.25) is 4.74 Å². The number of rotatable bonds is 14. The van der Waals surface area contributed by atoms with Crippen molar-refractivity contribution in [3.63, 3.8) is 0 Å². The molecular formula is C30H50O3. The van der Waals surface area contributed by atoms with Gasteiger partial charge in [0.15, 0.2) is 0 Å². The highest BCUT2D eigenvalue weighted by Gasteiger charge is 2.44. The highest BCUT2D eigenvalue weighted by Crippen LogP contribution is 2.35. The van der Waals surface area contributed by atoms with Gasteiger partial charge in [0.1, 0.15) is 0 Å². The highest BCUT2D eigenvalue weighted by atomic mass is 16.8. The Balaban J connectivity index is 1.92. The Morgan fingerprint density at radius 2 is 1.00 bits per heavy atom. The van der Waals surface area contributed by atoms with Gasteiger partial charge < -0.3 is 9.47 Å². The van der Waals surface area contributed by atoms with Crippen LogP contribution < -0.4 is 0 Å². The molecule has 2 heterocycles. The summed E-state index contributed by atoms with van der Waals surface area (Å²) in [6, 6.07) is 0. The summed E-state index contributed by atoms with van der Waals surface area (Å²) in [6.45, 7) is 5.92. The van der Waals surface area contributed by atoms with E-state index in [1.165, 1.54) is 64.2 Å². The van der Waals surface area contributed by atoms with E-state index in [1.807, 2.05) is 0 Å². The lowest BCUT2D eigenvalue weighted by atomic mass is 10.0. The molecule has 188 valence electrons. The number of unbranched alkanes of at least 4 members (excludes halogenated alkanes) is 12. The van der Waals surface area contributed by atoms with Crippen LogP contribution in [0.4, 0.5) is 0 Å². The van der Waals surface area contributed by atoms with Crippen molar-refractivity contribution in [2.75, 3.05) is 13.2 Å². The molecule has 0 saturated carbocycles. The average Bonchev–Trinajstić information content (AvgIpc) is 2.84. The normalized spacial score (nSPS) is 25.0. The van der Waals surface area contributed by atoms with Crippen molar-refractivity contribution < 1.29 is 14.2 Å². The van der Waals surface area contributed by atoms with E-state index in [1.54, 1.807) is 0 Å². The van der Waals surface area contributed by atoms with Crippen LogP contribution >= 0.6 is 0 Å². The quantitative estimate of drug-likeness (QED) is 0.193. The number of ether oxygens (including phenoxy) is 3. The fraction of sp³-hybridized carbons (Fsp3) is 0.867. The topological polar surface area (TPSA) is 27.7 Å². The second-order valence-electron chi connectivity index (χ2n) is 9.86. The molecule has 0 spiro atoms. The molecule has 0 N–H and O–H groups in total. The predicted molar refractivity (Wildman–Crippen MR) is 138 cm³/mol. The standard InChI is InChI=1S/C30H50O3/c1-3-5-7-9-11-13-15-17-23-29(25-19-21-27-31-29)33-30(26-20-22-28-32-30)24-18-16-14-12-10-8-6-4-2/h3-16,19-22,25-28H2,1-2H3. The minimum atomic E-state index is -0.855. The van der Waals surface area contributed by atoms with Crippen molar-refractivity contribution in [3.05, 3.63) is 0 Å². The Morgan fingerprint density at radius 3 is 1.39 bits per heavy atom. The van der Waals surface area contributed by atoms with E-state index in [0.717, 1.165) is 64.2 Å². The molecule has 2 atom stereocenters. The molecule has 2 unspecified atom stereocenters. The van der Waals surface area contributed by atoms with Gasteiger partial charge >= 0.3 is 0 Å². The molecule has 2 aliphatic heterocycles. The lowest BCUT2D eigenvalue weighted by molar-refractivity contribution is -0.332. The summed E-state index contributed by atoms with van der Waals surface area (Å²) in [7, 11) is 0. The first kappa shape index (κ1) is 28.2. The van der Waals surface area contributed by atoms with Crippen molar-refractivity contribution in [2.24, 2.45) is 0 Å². The van der Waals surface area contributed by atoms with Crippen LogP contribution in [0.2, 0.25) is 0 Å². The molecule has 2 saturated heterocycles. The first-order valence-electron chi connectivity index (χ1n) is 14.2. The third-order valence-corrected chi connectivity index (χ3v) is 6.67. The Bertz CT molecular complexity index is 552. The molecule has 2 aliphatic rings. The van der Waals surface area contributed by atoms with E-state index in [4.69, 9.17) is 14.2 Å². The molecular weight excluding hydrogens is 408 g/mol. The second kappa shape index (κ2) is 17.4. The van der Waals surface area contributed by atoms with Gasteiger partial charge in [-0.25, -0.2) is 0 Å². The fourth-order valence-corrected chi connectivity index (χ4v) is 4.60. The van der Waals surface area contributed by atoms with Crippen LogP contribution in [0.3, 0.4) is 0 Å². The van der Waals surface area contributed by atoms with Crippen LogP contribution in [0, 0.1) is 23.7 Å². The van der Waals surface area contributed by atoms with Gasteiger partial charge in [-0.2, -0.15) is 0 Å². The fourth-order valence-electron chi connectivity index (χ4n) is 4.60. The van der Waals surface area contributed by atoms with Crippen molar-refractivity contribution in [2.45, 2.75) is 154 Å². The molecule has 0 amide bonds. The maximum atomic E-state index is 6.64.